The van der Waals surface area contributed by atoms with Crippen molar-refractivity contribution in [2.45, 2.75) is 39.7 Å². The SMILES string of the molecule is CC(NCC(C)(C)CCCO)c1ccccn1. The number of rotatable bonds is 7. The predicted octanol–water partition coefficient (Wildman–Crippen LogP) is 2.53. The third kappa shape index (κ3) is 5.29. The van der Waals surface area contributed by atoms with Gasteiger partial charge in [-0.05, 0) is 37.3 Å². The summed E-state index contributed by atoms with van der Waals surface area (Å²) in [5.41, 5.74) is 1.29. The zero-order chi connectivity index (χ0) is 12.7. The average molecular weight is 236 g/mol. The molecule has 0 amide bonds. The van der Waals surface area contributed by atoms with Crippen molar-refractivity contribution in [2.24, 2.45) is 5.41 Å². The Balaban J connectivity index is 2.40. The minimum absolute atomic E-state index is 0.214. The highest BCUT2D eigenvalue weighted by molar-refractivity contribution is 5.07. The van der Waals surface area contributed by atoms with E-state index in [0.29, 0.717) is 0 Å². The second kappa shape index (κ2) is 6.72. The topological polar surface area (TPSA) is 45.1 Å². The van der Waals surface area contributed by atoms with Crippen LogP contribution in [0.5, 0.6) is 0 Å². The molecular weight excluding hydrogens is 212 g/mol. The van der Waals surface area contributed by atoms with E-state index in [2.05, 4.69) is 31.1 Å². The Hall–Kier alpha value is -0.930. The van der Waals surface area contributed by atoms with Gasteiger partial charge in [0.1, 0.15) is 0 Å². The molecule has 0 radical (unpaired) electrons. The van der Waals surface area contributed by atoms with Crippen LogP contribution in [0.25, 0.3) is 0 Å². The van der Waals surface area contributed by atoms with Crippen LogP contribution in [-0.4, -0.2) is 23.2 Å². The van der Waals surface area contributed by atoms with Crippen molar-refractivity contribution < 1.29 is 5.11 Å². The molecule has 0 fully saturated rings. The molecular formula is C14H24N2O. The van der Waals surface area contributed by atoms with Crippen LogP contribution in [0.2, 0.25) is 0 Å². The molecule has 1 aromatic rings. The Kier molecular flexibility index (Phi) is 5.59. The van der Waals surface area contributed by atoms with E-state index in [9.17, 15) is 0 Å². The molecule has 3 heteroatoms. The Morgan fingerprint density at radius 1 is 1.41 bits per heavy atom. The monoisotopic (exact) mass is 236 g/mol. The summed E-state index contributed by atoms with van der Waals surface area (Å²) in [5.74, 6) is 0. The van der Waals surface area contributed by atoms with E-state index in [1.54, 1.807) is 0 Å². The number of pyridine rings is 1. The molecule has 0 aliphatic rings. The quantitative estimate of drug-likeness (QED) is 0.764. The fourth-order valence-electron chi connectivity index (χ4n) is 1.81. The molecule has 0 spiro atoms. The van der Waals surface area contributed by atoms with Gasteiger partial charge in [-0.15, -0.1) is 0 Å². The van der Waals surface area contributed by atoms with Gasteiger partial charge in [-0.1, -0.05) is 19.9 Å². The van der Waals surface area contributed by atoms with Gasteiger partial charge in [0.2, 0.25) is 0 Å². The van der Waals surface area contributed by atoms with Gasteiger partial charge in [0.15, 0.2) is 0 Å². The van der Waals surface area contributed by atoms with E-state index in [-0.39, 0.29) is 18.1 Å². The molecule has 96 valence electrons. The molecule has 2 N–H and O–H groups in total. The smallest absolute Gasteiger partial charge is 0.0570 e. The number of hydrogen-bond donors (Lipinski definition) is 2. The molecule has 0 saturated heterocycles. The molecule has 1 heterocycles. The highest BCUT2D eigenvalue weighted by Crippen LogP contribution is 2.22. The Bertz CT molecular complexity index is 311. The van der Waals surface area contributed by atoms with Gasteiger partial charge in [0.25, 0.3) is 0 Å². The molecule has 1 rings (SSSR count). The first-order valence-electron chi connectivity index (χ1n) is 6.30. The van der Waals surface area contributed by atoms with Gasteiger partial charge in [-0.2, -0.15) is 0 Å². The van der Waals surface area contributed by atoms with Crippen molar-refractivity contribution in [1.82, 2.24) is 10.3 Å². The van der Waals surface area contributed by atoms with Crippen LogP contribution in [0.4, 0.5) is 0 Å². The summed E-state index contributed by atoms with van der Waals surface area (Å²) < 4.78 is 0. The summed E-state index contributed by atoms with van der Waals surface area (Å²) in [4.78, 5) is 4.34. The zero-order valence-corrected chi connectivity index (χ0v) is 11.1. The van der Waals surface area contributed by atoms with Crippen LogP contribution in [0.1, 0.15) is 45.3 Å². The number of aliphatic hydroxyl groups excluding tert-OH is 1. The minimum Gasteiger partial charge on any atom is -0.396 e. The zero-order valence-electron chi connectivity index (χ0n) is 11.1. The summed E-state index contributed by atoms with van der Waals surface area (Å²) in [6.45, 7) is 7.79. The molecule has 0 saturated carbocycles. The van der Waals surface area contributed by atoms with E-state index >= 15 is 0 Å². The van der Waals surface area contributed by atoms with Gasteiger partial charge in [-0.25, -0.2) is 0 Å². The number of aliphatic hydroxyl groups is 1. The van der Waals surface area contributed by atoms with Gasteiger partial charge in [0, 0.05) is 25.4 Å². The Morgan fingerprint density at radius 2 is 2.18 bits per heavy atom. The standard InChI is InChI=1S/C14H24N2O/c1-12(13-7-4-5-9-15-13)16-11-14(2,3)8-6-10-17/h4-5,7,9,12,16-17H,6,8,10-11H2,1-3H3. The highest BCUT2D eigenvalue weighted by Gasteiger charge is 2.18. The second-order valence-electron chi connectivity index (χ2n) is 5.35. The fraction of sp³-hybridized carbons (Fsp3) is 0.643. The van der Waals surface area contributed by atoms with Gasteiger partial charge < -0.3 is 10.4 Å². The first-order chi connectivity index (χ1) is 8.05. The van der Waals surface area contributed by atoms with Crippen LogP contribution < -0.4 is 5.32 Å². The van der Waals surface area contributed by atoms with Crippen molar-refractivity contribution in [3.8, 4) is 0 Å². The lowest BCUT2D eigenvalue weighted by molar-refractivity contribution is 0.232. The number of aromatic nitrogens is 1. The Labute approximate surface area is 104 Å². The lowest BCUT2D eigenvalue weighted by Gasteiger charge is -2.26. The summed E-state index contributed by atoms with van der Waals surface area (Å²) >= 11 is 0. The van der Waals surface area contributed by atoms with Crippen molar-refractivity contribution in [3.05, 3.63) is 30.1 Å². The van der Waals surface area contributed by atoms with Crippen LogP contribution in [0.3, 0.4) is 0 Å². The fourth-order valence-corrected chi connectivity index (χ4v) is 1.81. The maximum Gasteiger partial charge on any atom is 0.0570 e. The second-order valence-corrected chi connectivity index (χ2v) is 5.35. The third-order valence-electron chi connectivity index (χ3n) is 3.03. The molecule has 0 bridgehead atoms. The maximum absolute atomic E-state index is 8.85. The maximum atomic E-state index is 8.85. The molecule has 17 heavy (non-hydrogen) atoms. The molecule has 1 unspecified atom stereocenters. The lowest BCUT2D eigenvalue weighted by Crippen LogP contribution is -2.31. The predicted molar refractivity (Wildman–Crippen MR) is 70.8 cm³/mol. The molecule has 1 atom stereocenters. The van der Waals surface area contributed by atoms with E-state index < -0.39 is 0 Å². The van der Waals surface area contributed by atoms with E-state index in [0.717, 1.165) is 25.1 Å². The van der Waals surface area contributed by atoms with Crippen LogP contribution >= 0.6 is 0 Å². The largest absolute Gasteiger partial charge is 0.396 e. The van der Waals surface area contributed by atoms with Gasteiger partial charge in [-0.3, -0.25) is 4.98 Å². The number of nitrogens with zero attached hydrogens (tertiary/aromatic N) is 1. The number of nitrogens with one attached hydrogen (secondary N) is 1. The molecule has 0 aliphatic heterocycles. The summed E-state index contributed by atoms with van der Waals surface area (Å²) in [6.07, 6.45) is 3.72. The summed E-state index contributed by atoms with van der Waals surface area (Å²) in [6, 6.07) is 6.25. The van der Waals surface area contributed by atoms with Crippen molar-refractivity contribution in [1.29, 1.82) is 0 Å². The summed E-state index contributed by atoms with van der Waals surface area (Å²) in [5, 5.41) is 12.4. The normalized spacial score (nSPS) is 13.6. The molecule has 0 aromatic carbocycles. The highest BCUT2D eigenvalue weighted by atomic mass is 16.2. The minimum atomic E-state index is 0.214. The molecule has 0 aliphatic carbocycles. The van der Waals surface area contributed by atoms with Gasteiger partial charge in [0.05, 0.1) is 5.69 Å². The molecule has 1 aromatic heterocycles. The van der Waals surface area contributed by atoms with Crippen molar-refractivity contribution in [2.75, 3.05) is 13.2 Å². The van der Waals surface area contributed by atoms with Crippen LogP contribution in [0.15, 0.2) is 24.4 Å². The first kappa shape index (κ1) is 14.1. The lowest BCUT2D eigenvalue weighted by atomic mass is 9.87. The van der Waals surface area contributed by atoms with Crippen molar-refractivity contribution in [3.63, 3.8) is 0 Å². The number of hydrogen-bond acceptors (Lipinski definition) is 3. The average Bonchev–Trinajstić information content (AvgIpc) is 2.35. The Morgan fingerprint density at radius 3 is 2.76 bits per heavy atom. The van der Waals surface area contributed by atoms with Crippen LogP contribution in [0, 0.1) is 5.41 Å². The van der Waals surface area contributed by atoms with Crippen LogP contribution in [-0.2, 0) is 0 Å². The summed E-state index contributed by atoms with van der Waals surface area (Å²) in [7, 11) is 0. The molecule has 3 nitrogen and oxygen atoms in total. The van der Waals surface area contributed by atoms with Gasteiger partial charge >= 0.3 is 0 Å². The van der Waals surface area contributed by atoms with Crippen molar-refractivity contribution >= 4 is 0 Å². The third-order valence-corrected chi connectivity index (χ3v) is 3.03. The van der Waals surface area contributed by atoms with E-state index in [1.165, 1.54) is 0 Å². The van der Waals surface area contributed by atoms with E-state index in [1.807, 2.05) is 24.4 Å². The van der Waals surface area contributed by atoms with E-state index in [4.69, 9.17) is 5.11 Å². The first-order valence-corrected chi connectivity index (χ1v) is 6.30.